The van der Waals surface area contributed by atoms with Crippen LogP contribution in [0.5, 0.6) is 5.75 Å². The minimum absolute atomic E-state index is 0.0946. The minimum Gasteiger partial charge on any atom is -0.495 e. The van der Waals surface area contributed by atoms with Crippen molar-refractivity contribution in [2.45, 2.75) is 33.8 Å². The van der Waals surface area contributed by atoms with Crippen LogP contribution in [0.25, 0.3) is 0 Å². The fourth-order valence-corrected chi connectivity index (χ4v) is 3.01. The molecule has 0 N–H and O–H groups in total. The summed E-state index contributed by atoms with van der Waals surface area (Å²) in [6.45, 7) is 5.33. The van der Waals surface area contributed by atoms with Crippen LogP contribution in [0.1, 0.15) is 32.9 Å². The summed E-state index contributed by atoms with van der Waals surface area (Å²) in [6, 6.07) is 7.25. The molecule has 2 aromatic rings. The quantitative estimate of drug-likeness (QED) is 0.698. The van der Waals surface area contributed by atoms with Crippen LogP contribution in [0, 0.1) is 5.92 Å². The third-order valence-corrected chi connectivity index (χ3v) is 4.62. The first-order valence-corrected chi connectivity index (χ1v) is 8.90. The van der Waals surface area contributed by atoms with Crippen molar-refractivity contribution in [1.29, 1.82) is 0 Å². The van der Waals surface area contributed by atoms with Gasteiger partial charge < -0.3 is 9.47 Å². The van der Waals surface area contributed by atoms with Gasteiger partial charge in [-0.05, 0) is 18.6 Å². The predicted octanol–water partition coefficient (Wildman–Crippen LogP) is 3.93. The van der Waals surface area contributed by atoms with Crippen LogP contribution < -0.4 is 9.64 Å². The van der Waals surface area contributed by atoms with Crippen molar-refractivity contribution in [3.05, 3.63) is 35.3 Å². The number of aromatic nitrogens is 1. The van der Waals surface area contributed by atoms with Gasteiger partial charge in [-0.2, -0.15) is 0 Å². The van der Waals surface area contributed by atoms with Crippen molar-refractivity contribution in [3.63, 3.8) is 0 Å². The van der Waals surface area contributed by atoms with Gasteiger partial charge in [-0.3, -0.25) is 14.5 Å². The van der Waals surface area contributed by atoms with Gasteiger partial charge in [0.1, 0.15) is 12.4 Å². The van der Waals surface area contributed by atoms with Gasteiger partial charge in [-0.15, -0.1) is 11.3 Å². The Bertz CT molecular complexity index is 744. The Morgan fingerprint density at radius 1 is 1.32 bits per heavy atom. The second-order valence-electron chi connectivity index (χ2n) is 5.56. The van der Waals surface area contributed by atoms with Crippen molar-refractivity contribution < 1.29 is 19.1 Å². The molecule has 1 unspecified atom stereocenters. The van der Waals surface area contributed by atoms with Gasteiger partial charge in [0.05, 0.1) is 24.4 Å². The maximum Gasteiger partial charge on any atom is 0.309 e. The van der Waals surface area contributed by atoms with E-state index >= 15 is 0 Å². The Morgan fingerprint density at radius 2 is 2.04 bits per heavy atom. The fraction of sp³-hybridized carbons (Fsp3) is 0.389. The number of nitrogens with zero attached hydrogens (tertiary/aromatic N) is 2. The van der Waals surface area contributed by atoms with E-state index in [1.54, 1.807) is 24.6 Å². The number of para-hydroxylation sites is 2. The number of rotatable bonds is 7. The third kappa shape index (κ3) is 4.57. The second-order valence-corrected chi connectivity index (χ2v) is 6.40. The van der Waals surface area contributed by atoms with E-state index in [1.165, 1.54) is 23.2 Å². The number of carbonyl (C=O) groups is 2. The molecule has 6 nitrogen and oxygen atoms in total. The number of benzene rings is 1. The summed E-state index contributed by atoms with van der Waals surface area (Å²) < 4.78 is 10.6. The molecule has 7 heteroatoms. The van der Waals surface area contributed by atoms with E-state index in [-0.39, 0.29) is 24.4 Å². The Balaban J connectivity index is 2.20. The third-order valence-electron chi connectivity index (χ3n) is 3.75. The summed E-state index contributed by atoms with van der Waals surface area (Å²) in [5.74, 6) is 0.0188. The van der Waals surface area contributed by atoms with Crippen LogP contribution in [-0.4, -0.2) is 24.0 Å². The van der Waals surface area contributed by atoms with Crippen LogP contribution >= 0.6 is 11.3 Å². The van der Waals surface area contributed by atoms with E-state index in [1.807, 2.05) is 26.0 Å². The molecule has 1 aromatic heterocycles. The maximum absolute atomic E-state index is 12.2. The summed E-state index contributed by atoms with van der Waals surface area (Å²) in [5, 5.41) is 2.29. The van der Waals surface area contributed by atoms with E-state index in [2.05, 4.69) is 4.98 Å². The minimum atomic E-state index is -0.245. The number of hydrogen-bond donors (Lipinski definition) is 0. The van der Waals surface area contributed by atoms with Crippen molar-refractivity contribution >= 4 is 34.0 Å². The summed E-state index contributed by atoms with van der Waals surface area (Å²) in [7, 11) is 1.55. The number of esters is 1. The molecule has 0 aliphatic rings. The van der Waals surface area contributed by atoms with Crippen LogP contribution in [0.4, 0.5) is 10.8 Å². The van der Waals surface area contributed by atoms with Crippen LogP contribution in [0.15, 0.2) is 29.6 Å². The Hall–Kier alpha value is -2.41. The molecule has 1 heterocycles. The molecule has 0 saturated heterocycles. The highest BCUT2D eigenvalue weighted by atomic mass is 32.1. The average molecular weight is 362 g/mol. The van der Waals surface area contributed by atoms with Crippen molar-refractivity contribution in [1.82, 2.24) is 4.98 Å². The number of hydrogen-bond acceptors (Lipinski definition) is 6. The van der Waals surface area contributed by atoms with E-state index < -0.39 is 0 Å². The molecule has 0 bridgehead atoms. The maximum atomic E-state index is 12.2. The monoisotopic (exact) mass is 362 g/mol. The van der Waals surface area contributed by atoms with Crippen LogP contribution in [0.3, 0.4) is 0 Å². The highest BCUT2D eigenvalue weighted by Gasteiger charge is 2.21. The predicted molar refractivity (Wildman–Crippen MR) is 97.2 cm³/mol. The largest absolute Gasteiger partial charge is 0.495 e. The number of thiazole rings is 1. The van der Waals surface area contributed by atoms with Gasteiger partial charge in [-0.1, -0.05) is 26.0 Å². The number of amides is 1. The molecule has 134 valence electrons. The van der Waals surface area contributed by atoms with Crippen molar-refractivity contribution in [2.24, 2.45) is 5.92 Å². The SMILES string of the molecule is CCC(C)C(=O)OCc1csc(N(C(C)=O)c2ccccc2OC)n1. The Labute approximate surface area is 151 Å². The zero-order valence-electron chi connectivity index (χ0n) is 14.8. The summed E-state index contributed by atoms with van der Waals surface area (Å²) in [4.78, 5) is 29.9. The van der Waals surface area contributed by atoms with Gasteiger partial charge >= 0.3 is 5.97 Å². The zero-order valence-corrected chi connectivity index (χ0v) is 15.6. The standard InChI is InChI=1S/C18H22N2O4S/c1-5-12(2)17(22)24-10-14-11-25-18(19-14)20(13(3)21)15-8-6-7-9-16(15)23-4/h6-9,11-12H,5,10H2,1-4H3. The number of anilines is 2. The van der Waals surface area contributed by atoms with Gasteiger partial charge in [0.25, 0.3) is 0 Å². The first kappa shape index (κ1) is 18.9. The van der Waals surface area contributed by atoms with E-state index in [0.29, 0.717) is 22.3 Å². The Kier molecular flexibility index (Phi) is 6.52. The zero-order chi connectivity index (χ0) is 18.4. The smallest absolute Gasteiger partial charge is 0.309 e. The molecule has 0 spiro atoms. The first-order chi connectivity index (χ1) is 12.0. The van der Waals surface area contributed by atoms with Gasteiger partial charge in [0.2, 0.25) is 5.91 Å². The highest BCUT2D eigenvalue weighted by Crippen LogP contribution is 2.35. The first-order valence-electron chi connectivity index (χ1n) is 8.02. The average Bonchev–Trinajstić information content (AvgIpc) is 3.07. The highest BCUT2D eigenvalue weighted by molar-refractivity contribution is 7.14. The van der Waals surface area contributed by atoms with Gasteiger partial charge in [-0.25, -0.2) is 4.98 Å². The molecule has 0 radical (unpaired) electrons. The van der Waals surface area contributed by atoms with Crippen molar-refractivity contribution in [3.8, 4) is 5.75 Å². The van der Waals surface area contributed by atoms with E-state index in [4.69, 9.17) is 9.47 Å². The summed E-state index contributed by atoms with van der Waals surface area (Å²) in [6.07, 6.45) is 0.729. The van der Waals surface area contributed by atoms with E-state index in [9.17, 15) is 9.59 Å². The second kappa shape index (κ2) is 8.62. The molecule has 0 aliphatic heterocycles. The molecule has 1 atom stereocenters. The fourth-order valence-electron chi connectivity index (χ4n) is 2.14. The lowest BCUT2D eigenvalue weighted by atomic mass is 10.1. The van der Waals surface area contributed by atoms with Gasteiger partial charge in [0, 0.05) is 12.3 Å². The Morgan fingerprint density at radius 3 is 2.68 bits per heavy atom. The molecule has 1 aromatic carbocycles. The number of ether oxygens (including phenoxy) is 2. The molecule has 0 fully saturated rings. The molecule has 0 saturated carbocycles. The summed E-state index contributed by atoms with van der Waals surface area (Å²) >= 11 is 1.31. The molecule has 2 rings (SSSR count). The van der Waals surface area contributed by atoms with Crippen LogP contribution in [0.2, 0.25) is 0 Å². The lowest BCUT2D eigenvalue weighted by Gasteiger charge is -2.20. The van der Waals surface area contributed by atoms with Crippen molar-refractivity contribution in [2.75, 3.05) is 12.0 Å². The number of methoxy groups -OCH3 is 1. The topological polar surface area (TPSA) is 68.7 Å². The molecular weight excluding hydrogens is 340 g/mol. The molecule has 0 aliphatic carbocycles. The molecular formula is C18H22N2O4S. The van der Waals surface area contributed by atoms with E-state index in [0.717, 1.165) is 6.42 Å². The normalized spacial score (nSPS) is 11.7. The molecule has 1 amide bonds. The van der Waals surface area contributed by atoms with Crippen LogP contribution in [-0.2, 0) is 20.9 Å². The number of carbonyl (C=O) groups excluding carboxylic acids is 2. The lowest BCUT2D eigenvalue weighted by Crippen LogP contribution is -2.23. The summed E-state index contributed by atoms with van der Waals surface area (Å²) in [5.41, 5.74) is 1.23. The lowest BCUT2D eigenvalue weighted by molar-refractivity contribution is -0.149. The molecule has 25 heavy (non-hydrogen) atoms. The van der Waals surface area contributed by atoms with Gasteiger partial charge in [0.15, 0.2) is 5.13 Å².